The summed E-state index contributed by atoms with van der Waals surface area (Å²) in [6.07, 6.45) is 0. The molecule has 3 nitrogen and oxygen atoms in total. The van der Waals surface area contributed by atoms with Gasteiger partial charge in [0.25, 0.3) is 5.91 Å². The molecule has 20 heavy (non-hydrogen) atoms. The van der Waals surface area contributed by atoms with E-state index in [2.05, 4.69) is 5.32 Å². The third-order valence-corrected chi connectivity index (χ3v) is 3.63. The minimum atomic E-state index is -2.30. The highest BCUT2D eigenvalue weighted by Gasteiger charge is 2.50. The van der Waals surface area contributed by atoms with Gasteiger partial charge in [-0.15, -0.1) is 0 Å². The number of benzene rings is 2. The van der Waals surface area contributed by atoms with Crippen molar-refractivity contribution in [2.75, 3.05) is 12.4 Å². The monoisotopic (exact) mass is 291 g/mol. The molecule has 5 heteroatoms. The van der Waals surface area contributed by atoms with Crippen LogP contribution in [0.15, 0.2) is 42.5 Å². The summed E-state index contributed by atoms with van der Waals surface area (Å²) < 4.78 is 20.7. The zero-order chi connectivity index (χ0) is 14.3. The van der Waals surface area contributed by atoms with Crippen molar-refractivity contribution in [3.05, 3.63) is 58.6 Å². The standard InChI is InChI=1S/C15H11ClFNO2/c1-20-13-7-6-9(16)8-11(13)15(17)10-4-2-3-5-12(10)18-14(15)19/h2-8H,1H3,(H,18,19)/t15-/m0/s1. The van der Waals surface area contributed by atoms with E-state index in [1.807, 2.05) is 0 Å². The van der Waals surface area contributed by atoms with Crippen LogP contribution in [-0.2, 0) is 10.5 Å². The van der Waals surface area contributed by atoms with Crippen LogP contribution in [0.3, 0.4) is 0 Å². The van der Waals surface area contributed by atoms with Crippen molar-refractivity contribution < 1.29 is 13.9 Å². The smallest absolute Gasteiger partial charge is 0.271 e. The van der Waals surface area contributed by atoms with Gasteiger partial charge in [0.15, 0.2) is 0 Å². The second-order valence-corrected chi connectivity index (χ2v) is 4.94. The lowest BCUT2D eigenvalue weighted by atomic mass is 9.88. The molecule has 0 fully saturated rings. The van der Waals surface area contributed by atoms with E-state index in [4.69, 9.17) is 16.3 Å². The van der Waals surface area contributed by atoms with Gasteiger partial charge in [-0.3, -0.25) is 4.79 Å². The third-order valence-electron chi connectivity index (χ3n) is 3.39. The number of ether oxygens (including phenoxy) is 1. The van der Waals surface area contributed by atoms with Gasteiger partial charge in [-0.2, -0.15) is 0 Å². The minimum Gasteiger partial charge on any atom is -0.496 e. The fourth-order valence-corrected chi connectivity index (χ4v) is 2.61. The van der Waals surface area contributed by atoms with E-state index < -0.39 is 11.6 Å². The van der Waals surface area contributed by atoms with Crippen molar-refractivity contribution in [3.63, 3.8) is 0 Å². The molecule has 0 radical (unpaired) electrons. The molecule has 3 rings (SSSR count). The average molecular weight is 292 g/mol. The largest absolute Gasteiger partial charge is 0.496 e. The number of hydrogen-bond acceptors (Lipinski definition) is 2. The number of hydrogen-bond donors (Lipinski definition) is 1. The van der Waals surface area contributed by atoms with Crippen molar-refractivity contribution in [2.45, 2.75) is 5.67 Å². The van der Waals surface area contributed by atoms with Gasteiger partial charge in [-0.05, 0) is 24.3 Å². The van der Waals surface area contributed by atoms with E-state index in [1.165, 1.54) is 13.2 Å². The molecule has 0 unspecified atom stereocenters. The van der Waals surface area contributed by atoms with Gasteiger partial charge >= 0.3 is 0 Å². The van der Waals surface area contributed by atoms with Crippen LogP contribution < -0.4 is 10.1 Å². The molecule has 0 saturated carbocycles. The highest BCUT2D eigenvalue weighted by Crippen LogP contribution is 2.47. The average Bonchev–Trinajstić information content (AvgIpc) is 2.72. The number of fused-ring (bicyclic) bond motifs is 1. The maximum Gasteiger partial charge on any atom is 0.271 e. The van der Waals surface area contributed by atoms with E-state index >= 15 is 4.39 Å². The number of amides is 1. The molecule has 1 N–H and O–H groups in total. The van der Waals surface area contributed by atoms with Gasteiger partial charge in [0.05, 0.1) is 7.11 Å². The number of rotatable bonds is 2. The second kappa shape index (κ2) is 4.49. The molecule has 1 aliphatic rings. The van der Waals surface area contributed by atoms with Gasteiger partial charge in [0.1, 0.15) is 5.75 Å². The Morgan fingerprint density at radius 3 is 2.70 bits per heavy atom. The van der Waals surface area contributed by atoms with Crippen LogP contribution >= 0.6 is 11.6 Å². The molecule has 0 spiro atoms. The lowest BCUT2D eigenvalue weighted by molar-refractivity contribution is -0.124. The number of anilines is 1. The van der Waals surface area contributed by atoms with Gasteiger partial charge in [0, 0.05) is 21.8 Å². The lowest BCUT2D eigenvalue weighted by Crippen LogP contribution is -2.31. The first-order valence-corrected chi connectivity index (χ1v) is 6.39. The first kappa shape index (κ1) is 12.9. The highest BCUT2D eigenvalue weighted by atomic mass is 35.5. The zero-order valence-electron chi connectivity index (χ0n) is 10.6. The Morgan fingerprint density at radius 1 is 1.20 bits per heavy atom. The Balaban J connectivity index is 2.28. The fourth-order valence-electron chi connectivity index (χ4n) is 2.44. The summed E-state index contributed by atoms with van der Waals surface area (Å²) in [6.45, 7) is 0. The fraction of sp³-hybridized carbons (Fsp3) is 0.133. The number of halogens is 2. The summed E-state index contributed by atoms with van der Waals surface area (Å²) in [6, 6.07) is 11.2. The van der Waals surface area contributed by atoms with Crippen LogP contribution in [-0.4, -0.2) is 13.0 Å². The van der Waals surface area contributed by atoms with E-state index in [0.29, 0.717) is 10.7 Å². The molecule has 2 aromatic rings. The van der Waals surface area contributed by atoms with Crippen LogP contribution in [0.25, 0.3) is 0 Å². The second-order valence-electron chi connectivity index (χ2n) is 4.50. The number of carbonyl (C=O) groups is 1. The zero-order valence-corrected chi connectivity index (χ0v) is 11.4. The van der Waals surface area contributed by atoms with Crippen LogP contribution in [0, 0.1) is 0 Å². The van der Waals surface area contributed by atoms with Crippen molar-refractivity contribution in [2.24, 2.45) is 0 Å². The predicted molar refractivity (Wildman–Crippen MR) is 75.0 cm³/mol. The molecule has 1 heterocycles. The maximum atomic E-state index is 15.5. The number of methoxy groups -OCH3 is 1. The number of nitrogens with one attached hydrogen (secondary N) is 1. The maximum absolute atomic E-state index is 15.5. The van der Waals surface area contributed by atoms with E-state index in [9.17, 15) is 4.79 Å². The lowest BCUT2D eigenvalue weighted by Gasteiger charge is -2.21. The molecule has 0 aromatic heterocycles. The summed E-state index contributed by atoms with van der Waals surface area (Å²) in [5.74, 6) is -0.456. The van der Waals surface area contributed by atoms with E-state index in [0.717, 1.165) is 0 Å². The van der Waals surface area contributed by atoms with Crippen LogP contribution in [0.5, 0.6) is 5.75 Å². The third kappa shape index (κ3) is 1.68. The molecular weight excluding hydrogens is 281 g/mol. The number of carbonyl (C=O) groups excluding carboxylic acids is 1. The van der Waals surface area contributed by atoms with Crippen LogP contribution in [0.1, 0.15) is 11.1 Å². The van der Waals surface area contributed by atoms with E-state index in [-0.39, 0.29) is 16.9 Å². The molecule has 2 aromatic carbocycles. The first-order chi connectivity index (χ1) is 9.57. The predicted octanol–water partition coefficient (Wildman–Crippen LogP) is 3.51. The molecule has 0 saturated heterocycles. The minimum absolute atomic E-state index is 0.106. The molecule has 1 atom stereocenters. The van der Waals surface area contributed by atoms with Gasteiger partial charge < -0.3 is 10.1 Å². The Morgan fingerprint density at radius 2 is 1.95 bits per heavy atom. The molecule has 0 bridgehead atoms. The number of alkyl halides is 1. The topological polar surface area (TPSA) is 38.3 Å². The summed E-state index contributed by atoms with van der Waals surface area (Å²) in [4.78, 5) is 12.1. The summed E-state index contributed by atoms with van der Waals surface area (Å²) in [5, 5.41) is 2.89. The molecule has 102 valence electrons. The Kier molecular flexibility index (Phi) is 2.91. The number of para-hydroxylation sites is 1. The SMILES string of the molecule is COc1ccc(Cl)cc1[C@]1(F)C(=O)Nc2ccccc21. The first-order valence-electron chi connectivity index (χ1n) is 6.01. The van der Waals surface area contributed by atoms with Crippen molar-refractivity contribution >= 4 is 23.2 Å². The van der Waals surface area contributed by atoms with Crippen LogP contribution in [0.4, 0.5) is 10.1 Å². The van der Waals surface area contributed by atoms with Crippen molar-refractivity contribution in [1.29, 1.82) is 0 Å². The van der Waals surface area contributed by atoms with Gasteiger partial charge in [0.2, 0.25) is 5.67 Å². The van der Waals surface area contributed by atoms with Crippen LogP contribution in [0.2, 0.25) is 5.02 Å². The molecule has 1 amide bonds. The molecular formula is C15H11ClFNO2. The summed E-state index contributed by atoms with van der Waals surface area (Å²) in [7, 11) is 1.43. The quantitative estimate of drug-likeness (QED) is 0.919. The van der Waals surface area contributed by atoms with Gasteiger partial charge in [-0.1, -0.05) is 29.8 Å². The van der Waals surface area contributed by atoms with Crippen molar-refractivity contribution in [1.82, 2.24) is 0 Å². The highest BCUT2D eigenvalue weighted by molar-refractivity contribution is 6.30. The van der Waals surface area contributed by atoms with Gasteiger partial charge in [-0.25, -0.2) is 4.39 Å². The summed E-state index contributed by atoms with van der Waals surface area (Å²) >= 11 is 5.94. The molecule has 1 aliphatic heterocycles. The Hall–Kier alpha value is -2.07. The van der Waals surface area contributed by atoms with Crippen molar-refractivity contribution in [3.8, 4) is 5.75 Å². The summed E-state index contributed by atoms with van der Waals surface area (Å²) in [5.41, 5.74) is -1.46. The normalized spacial score (nSPS) is 20.4. The van der Waals surface area contributed by atoms with E-state index in [1.54, 1.807) is 36.4 Å². The molecule has 0 aliphatic carbocycles. The Bertz CT molecular complexity index is 704. The Labute approximate surface area is 120 Å².